The summed E-state index contributed by atoms with van der Waals surface area (Å²) in [5.74, 6) is 1.62. The van der Waals surface area contributed by atoms with Gasteiger partial charge in [0, 0.05) is 18.8 Å². The normalized spacial score (nSPS) is 19.4. The van der Waals surface area contributed by atoms with Gasteiger partial charge in [0.2, 0.25) is 5.54 Å². The highest BCUT2D eigenvalue weighted by Crippen LogP contribution is 2.32. The number of rotatable bonds is 1. The van der Waals surface area contributed by atoms with Gasteiger partial charge in [-0.3, -0.25) is 0 Å². The second kappa shape index (κ2) is 6.17. The van der Waals surface area contributed by atoms with Crippen LogP contribution < -0.4 is 17.0 Å². The molecule has 0 bridgehead atoms. The van der Waals surface area contributed by atoms with Gasteiger partial charge < -0.3 is 21.7 Å². The van der Waals surface area contributed by atoms with Gasteiger partial charge >= 0.3 is 5.90 Å². The summed E-state index contributed by atoms with van der Waals surface area (Å²) >= 11 is 15.3. The number of hydrogen-bond acceptors (Lipinski definition) is 1. The van der Waals surface area contributed by atoms with E-state index >= 15 is 0 Å². The molecular formula is C13H13Br2Cl2NO. The predicted molar refractivity (Wildman–Crippen MR) is 78.9 cm³/mol. The minimum atomic E-state index is -0.203. The predicted octanol–water partition coefficient (Wildman–Crippen LogP) is 1.43. The Morgan fingerprint density at radius 1 is 1.26 bits per heavy atom. The molecule has 0 atom stereocenters. The van der Waals surface area contributed by atoms with Crippen molar-refractivity contribution in [2.75, 3.05) is 7.05 Å². The molecule has 0 spiro atoms. The van der Waals surface area contributed by atoms with Crippen LogP contribution in [0.3, 0.4) is 0 Å². The summed E-state index contributed by atoms with van der Waals surface area (Å²) in [7, 11) is 1.99. The van der Waals surface area contributed by atoms with Crippen LogP contribution >= 0.6 is 39.1 Å². The van der Waals surface area contributed by atoms with Gasteiger partial charge in [-0.25, -0.2) is 0 Å². The van der Waals surface area contributed by atoms with Crippen LogP contribution in [0.25, 0.3) is 0 Å². The van der Waals surface area contributed by atoms with Crippen LogP contribution in [0, 0.1) is 0 Å². The van der Waals surface area contributed by atoms with Crippen molar-refractivity contribution < 1.29 is 26.3 Å². The zero-order valence-electron chi connectivity index (χ0n) is 10.7. The van der Waals surface area contributed by atoms with Crippen molar-refractivity contribution >= 4 is 45.0 Å². The van der Waals surface area contributed by atoms with E-state index in [-0.39, 0.29) is 22.5 Å². The van der Waals surface area contributed by atoms with E-state index in [0.717, 1.165) is 17.2 Å². The Morgan fingerprint density at radius 2 is 1.89 bits per heavy atom. The maximum absolute atomic E-state index is 6.04. The molecule has 0 N–H and O–H groups in total. The molecule has 0 saturated carbocycles. The van der Waals surface area contributed by atoms with Crippen molar-refractivity contribution in [3.8, 4) is 0 Å². The lowest BCUT2D eigenvalue weighted by Gasteiger charge is -2.11. The first-order valence-corrected chi connectivity index (χ1v) is 7.10. The summed E-state index contributed by atoms with van der Waals surface area (Å²) in [6, 6.07) is 5.47. The molecule has 1 aliphatic rings. The van der Waals surface area contributed by atoms with Crippen LogP contribution in [0.2, 0.25) is 10.0 Å². The second-order valence-corrected chi connectivity index (χ2v) is 5.90. The van der Waals surface area contributed by atoms with Crippen LogP contribution in [-0.4, -0.2) is 23.1 Å². The molecule has 0 aliphatic carbocycles. The van der Waals surface area contributed by atoms with Crippen LogP contribution in [0.4, 0.5) is 0 Å². The molecule has 1 heterocycles. The highest BCUT2D eigenvalue weighted by atomic mass is 79.9. The molecule has 0 unspecified atom stereocenters. The van der Waals surface area contributed by atoms with Crippen molar-refractivity contribution in [2.45, 2.75) is 19.4 Å². The van der Waals surface area contributed by atoms with Crippen molar-refractivity contribution in [3.05, 3.63) is 44.6 Å². The molecule has 0 amide bonds. The molecule has 1 aliphatic heterocycles. The Bertz CT molecular complexity index is 568. The minimum Gasteiger partial charge on any atom is -1.00 e. The molecule has 1 aromatic rings. The van der Waals surface area contributed by atoms with E-state index in [4.69, 9.17) is 27.9 Å². The molecule has 0 aromatic heterocycles. The van der Waals surface area contributed by atoms with Crippen LogP contribution in [-0.2, 0) is 4.74 Å². The number of ether oxygens (including phenoxy) is 1. The Hall–Kier alpha value is -0.0300. The van der Waals surface area contributed by atoms with Crippen LogP contribution in [0.5, 0.6) is 0 Å². The van der Waals surface area contributed by atoms with Gasteiger partial charge in [0.1, 0.15) is 7.05 Å². The van der Waals surface area contributed by atoms with Crippen molar-refractivity contribution in [1.29, 1.82) is 0 Å². The summed E-state index contributed by atoms with van der Waals surface area (Å²) in [6.07, 6.45) is 0. The number of benzene rings is 1. The van der Waals surface area contributed by atoms with E-state index in [1.165, 1.54) is 0 Å². The summed E-state index contributed by atoms with van der Waals surface area (Å²) in [5.41, 5.74) is 0.703. The third kappa shape index (κ3) is 3.02. The lowest BCUT2D eigenvalue weighted by molar-refractivity contribution is -0.556. The number of hydrogen-bond donors (Lipinski definition) is 0. The first-order valence-electron chi connectivity index (χ1n) is 5.43. The van der Waals surface area contributed by atoms with Gasteiger partial charge in [-0.15, -0.1) is 0 Å². The molecule has 104 valence electrons. The van der Waals surface area contributed by atoms with Crippen molar-refractivity contribution in [2.24, 2.45) is 0 Å². The fourth-order valence-corrected chi connectivity index (χ4v) is 2.71. The summed E-state index contributed by atoms with van der Waals surface area (Å²) in [6.45, 7) is 4.18. The molecular weight excluding hydrogens is 417 g/mol. The third-order valence-electron chi connectivity index (χ3n) is 3.22. The molecule has 2 rings (SSSR count). The molecule has 0 fully saturated rings. The quantitative estimate of drug-likeness (QED) is 0.615. The number of likely N-dealkylation sites (N-methyl/N-ethyl adjacent to an activating group) is 1. The van der Waals surface area contributed by atoms with Crippen molar-refractivity contribution in [3.63, 3.8) is 0 Å². The van der Waals surface area contributed by atoms with Gasteiger partial charge in [-0.2, -0.15) is 4.58 Å². The van der Waals surface area contributed by atoms with Gasteiger partial charge in [-0.1, -0.05) is 39.1 Å². The highest BCUT2D eigenvalue weighted by Gasteiger charge is 2.45. The SMILES string of the molecule is C[N+]1=C(c2ccc(Cl)c(Cl)c2)O/C(=C\Br)C1(C)C.[Br-]. The van der Waals surface area contributed by atoms with E-state index in [2.05, 4.69) is 34.4 Å². The first kappa shape index (κ1) is 17.0. The monoisotopic (exact) mass is 427 g/mol. The Labute approximate surface area is 141 Å². The highest BCUT2D eigenvalue weighted by molar-refractivity contribution is 9.11. The van der Waals surface area contributed by atoms with E-state index in [1.807, 2.05) is 19.2 Å². The molecule has 1 aromatic carbocycles. The molecule has 6 heteroatoms. The van der Waals surface area contributed by atoms with Gasteiger partial charge in [0.15, 0.2) is 5.76 Å². The summed E-state index contributed by atoms with van der Waals surface area (Å²) < 4.78 is 7.94. The Kier molecular flexibility index (Phi) is 5.52. The number of halogens is 4. The van der Waals surface area contributed by atoms with Gasteiger partial charge in [0.25, 0.3) is 0 Å². The van der Waals surface area contributed by atoms with Crippen LogP contribution in [0.15, 0.2) is 28.9 Å². The standard InChI is InChI=1S/C13H13BrCl2NO.BrH/c1-13(2)11(7-14)18-12(17(13)3)8-4-5-9(15)10(16)6-8;/h4-7H,1-3H3;1H/q+1;/p-1/b11-7-;. The maximum Gasteiger partial charge on any atom is 0.375 e. The topological polar surface area (TPSA) is 12.2 Å². The largest absolute Gasteiger partial charge is 1.00 e. The van der Waals surface area contributed by atoms with Crippen LogP contribution in [0.1, 0.15) is 19.4 Å². The lowest BCUT2D eigenvalue weighted by Crippen LogP contribution is -3.00. The second-order valence-electron chi connectivity index (χ2n) is 4.63. The molecule has 2 nitrogen and oxygen atoms in total. The first-order chi connectivity index (χ1) is 8.37. The summed E-state index contributed by atoms with van der Waals surface area (Å²) in [4.78, 5) is 1.80. The van der Waals surface area contributed by atoms with Crippen molar-refractivity contribution in [1.82, 2.24) is 0 Å². The van der Waals surface area contributed by atoms with E-state index in [0.29, 0.717) is 10.0 Å². The zero-order valence-corrected chi connectivity index (χ0v) is 15.4. The fraction of sp³-hybridized carbons (Fsp3) is 0.308. The Morgan fingerprint density at radius 3 is 2.37 bits per heavy atom. The number of nitrogens with zero attached hydrogens (tertiary/aromatic N) is 1. The summed E-state index contributed by atoms with van der Waals surface area (Å²) in [5, 5.41) is 1.06. The van der Waals surface area contributed by atoms with E-state index in [9.17, 15) is 0 Å². The average molecular weight is 430 g/mol. The molecule has 0 saturated heterocycles. The zero-order chi connectivity index (χ0) is 13.5. The Balaban J connectivity index is 0.00000180. The third-order valence-corrected chi connectivity index (χ3v) is 4.37. The van der Waals surface area contributed by atoms with Gasteiger partial charge in [0.05, 0.1) is 15.6 Å². The average Bonchev–Trinajstić information content (AvgIpc) is 2.55. The minimum absolute atomic E-state index is 0. The van der Waals surface area contributed by atoms with Gasteiger partial charge in [-0.05, 0) is 18.2 Å². The molecule has 19 heavy (non-hydrogen) atoms. The molecule has 0 radical (unpaired) electrons. The van der Waals surface area contributed by atoms with E-state index < -0.39 is 0 Å². The lowest BCUT2D eigenvalue weighted by atomic mass is 10.0. The van der Waals surface area contributed by atoms with E-state index in [1.54, 1.807) is 11.1 Å². The maximum atomic E-state index is 6.04. The smallest absolute Gasteiger partial charge is 0.375 e. The fourth-order valence-electron chi connectivity index (χ4n) is 1.75.